The van der Waals surface area contributed by atoms with Gasteiger partial charge >= 0.3 is 0 Å². The maximum Gasteiger partial charge on any atom is 0.274 e. The average Bonchev–Trinajstić information content (AvgIpc) is 3.73. The lowest BCUT2D eigenvalue weighted by Crippen LogP contribution is -2.29. The molecular formula is C28H33BrClN13O5. The predicted molar refractivity (Wildman–Crippen MR) is 184 cm³/mol. The average molecular weight is 747 g/mol. The van der Waals surface area contributed by atoms with Crippen LogP contribution in [0.4, 0.5) is 23.0 Å². The zero-order chi connectivity index (χ0) is 34.6. The van der Waals surface area contributed by atoms with E-state index in [0.29, 0.717) is 11.4 Å². The Morgan fingerprint density at radius 2 is 1.19 bits per heavy atom. The maximum atomic E-state index is 13.1. The van der Waals surface area contributed by atoms with E-state index in [1.807, 2.05) is 0 Å². The number of hydrogen-bond donors (Lipinski definition) is 7. The molecule has 0 aliphatic heterocycles. The molecule has 0 fully saturated rings. The highest BCUT2D eigenvalue weighted by Gasteiger charge is 2.21. The number of nitrogens with two attached hydrogens (primary N) is 1. The predicted octanol–water partition coefficient (Wildman–Crippen LogP) is 1.91. The van der Waals surface area contributed by atoms with E-state index < -0.39 is 29.5 Å². The summed E-state index contributed by atoms with van der Waals surface area (Å²) in [7, 11) is 6.34. The minimum Gasteiger partial charge on any atom is -0.388 e. The third kappa shape index (κ3) is 8.76. The van der Waals surface area contributed by atoms with Crippen molar-refractivity contribution in [3.05, 3.63) is 70.5 Å². The van der Waals surface area contributed by atoms with Crippen LogP contribution in [0.25, 0.3) is 0 Å². The Bertz CT molecular complexity index is 1940. The molecule has 0 aromatic carbocycles. The fourth-order valence-electron chi connectivity index (χ4n) is 4.35. The molecule has 0 spiro atoms. The minimum atomic E-state index is -0.534. The van der Waals surface area contributed by atoms with Gasteiger partial charge in [0.15, 0.2) is 11.6 Å². The van der Waals surface area contributed by atoms with Gasteiger partial charge < -0.3 is 41.5 Å². The number of rotatable bonds is 12. The zero-order valence-corrected chi connectivity index (χ0v) is 28.6. The lowest BCUT2D eigenvalue weighted by atomic mass is 10.3. The number of anilines is 4. The van der Waals surface area contributed by atoms with Crippen molar-refractivity contribution < 1.29 is 24.0 Å². The topological polar surface area (TPSA) is 241 Å². The van der Waals surface area contributed by atoms with Gasteiger partial charge in [-0.1, -0.05) is 6.58 Å². The summed E-state index contributed by atoms with van der Waals surface area (Å²) in [5.74, 6) is -2.28. The summed E-state index contributed by atoms with van der Waals surface area (Å²) in [6, 6.07) is 5.75. The first kappa shape index (κ1) is 36.8. The molecule has 18 nitrogen and oxygen atoms in total. The van der Waals surface area contributed by atoms with Crippen molar-refractivity contribution in [3.63, 3.8) is 0 Å². The maximum absolute atomic E-state index is 13.1. The largest absolute Gasteiger partial charge is 0.388 e. The standard InChI is InChI=1S/C28H32BrN13O5.ClH/c1-14(29)24(43)35-22-11-20(42(5)37-22)28(47)34-16-8-17(39(2)13-16)26(45)33-15-9-18(40(3)12-15)27(46)36-23-10-19(41(4)38-23)25(44)32-7-6-21(30)31;/h8-13H,1,6-7H2,2-5H3,(H3,30,31)(H,32,44)(H,33,45)(H,34,47)(H,35,37,43)(H,36,38,46);1H. The summed E-state index contributed by atoms with van der Waals surface area (Å²) in [4.78, 5) is 63.3. The molecule has 0 aliphatic carbocycles. The van der Waals surface area contributed by atoms with Gasteiger partial charge in [0, 0.05) is 65.7 Å². The number of aryl methyl sites for hydroxylation is 4. The normalized spacial score (nSPS) is 10.4. The summed E-state index contributed by atoms with van der Waals surface area (Å²) in [5, 5.41) is 28.7. The molecule has 48 heavy (non-hydrogen) atoms. The molecule has 4 rings (SSSR count). The van der Waals surface area contributed by atoms with Crippen LogP contribution >= 0.6 is 28.3 Å². The van der Waals surface area contributed by atoms with Crippen LogP contribution in [0.1, 0.15) is 48.4 Å². The lowest BCUT2D eigenvalue weighted by Gasteiger charge is -2.03. The van der Waals surface area contributed by atoms with Crippen LogP contribution in [0, 0.1) is 5.41 Å². The number of carbonyl (C=O) groups is 5. The summed E-state index contributed by atoms with van der Waals surface area (Å²) in [6.07, 6.45) is 3.30. The number of halogens is 2. The van der Waals surface area contributed by atoms with Gasteiger partial charge in [0.1, 0.15) is 22.8 Å². The molecule has 0 saturated heterocycles. The Morgan fingerprint density at radius 3 is 1.67 bits per heavy atom. The molecule has 0 atom stereocenters. The van der Waals surface area contributed by atoms with Gasteiger partial charge in [-0.05, 0) is 28.1 Å². The molecular weight excluding hydrogens is 714 g/mol. The number of amidine groups is 1. The molecule has 4 aromatic heterocycles. The number of hydrogen-bond acceptors (Lipinski definition) is 8. The highest BCUT2D eigenvalue weighted by atomic mass is 79.9. The smallest absolute Gasteiger partial charge is 0.274 e. The summed E-state index contributed by atoms with van der Waals surface area (Å²) in [5.41, 5.74) is 6.73. The van der Waals surface area contributed by atoms with Crippen LogP contribution < -0.4 is 32.3 Å². The summed E-state index contributed by atoms with van der Waals surface area (Å²) >= 11 is 2.98. The van der Waals surface area contributed by atoms with E-state index in [4.69, 9.17) is 11.1 Å². The summed E-state index contributed by atoms with van der Waals surface area (Å²) < 4.78 is 5.74. The van der Waals surface area contributed by atoms with E-state index in [1.165, 1.54) is 49.8 Å². The Morgan fingerprint density at radius 1 is 0.750 bits per heavy atom. The van der Waals surface area contributed by atoms with Crippen LogP contribution in [-0.2, 0) is 33.0 Å². The molecule has 4 heterocycles. The fourth-order valence-corrected chi connectivity index (χ4v) is 4.45. The molecule has 8 N–H and O–H groups in total. The Labute approximate surface area is 288 Å². The minimum absolute atomic E-state index is 0. The van der Waals surface area contributed by atoms with Crippen molar-refractivity contribution in [1.29, 1.82) is 5.41 Å². The van der Waals surface area contributed by atoms with Crippen molar-refractivity contribution >= 4 is 86.7 Å². The van der Waals surface area contributed by atoms with E-state index in [0.717, 1.165) is 0 Å². The van der Waals surface area contributed by atoms with E-state index in [1.54, 1.807) is 33.5 Å². The van der Waals surface area contributed by atoms with Gasteiger partial charge in [0.05, 0.1) is 21.7 Å². The number of aromatic nitrogens is 6. The first-order valence-electron chi connectivity index (χ1n) is 13.7. The molecule has 0 bridgehead atoms. The third-order valence-electron chi connectivity index (χ3n) is 6.63. The summed E-state index contributed by atoms with van der Waals surface area (Å²) in [6.45, 7) is 3.67. The number of nitrogens with zero attached hydrogens (tertiary/aromatic N) is 6. The molecule has 20 heteroatoms. The highest BCUT2D eigenvalue weighted by molar-refractivity contribution is 9.12. The van der Waals surface area contributed by atoms with Crippen molar-refractivity contribution in [2.45, 2.75) is 6.42 Å². The lowest BCUT2D eigenvalue weighted by molar-refractivity contribution is -0.112. The quantitative estimate of drug-likeness (QED) is 0.0640. The fraction of sp³-hybridized carbons (Fsp3) is 0.214. The van der Waals surface area contributed by atoms with Crippen molar-refractivity contribution in [2.75, 3.05) is 27.8 Å². The van der Waals surface area contributed by atoms with Crippen molar-refractivity contribution in [1.82, 2.24) is 34.0 Å². The Balaban J connectivity index is 0.00000625. The SMILES string of the molecule is C=C(Br)C(=O)Nc1cc(C(=O)Nc2cc(C(=O)Nc3cc(C(=O)Nc4cc(C(=O)NCCC(=N)N)n(C)n4)n(C)c3)n(C)c2)n(C)n1.Cl. The van der Waals surface area contributed by atoms with Crippen molar-refractivity contribution in [2.24, 2.45) is 33.9 Å². The van der Waals surface area contributed by atoms with Crippen LogP contribution in [0.15, 0.2) is 47.7 Å². The van der Waals surface area contributed by atoms with Gasteiger partial charge in [0.2, 0.25) is 0 Å². The number of nitrogens with one attached hydrogen (secondary N) is 6. The van der Waals surface area contributed by atoms with Crippen LogP contribution in [0.3, 0.4) is 0 Å². The molecule has 0 unspecified atom stereocenters. The first-order valence-corrected chi connectivity index (χ1v) is 14.5. The van der Waals surface area contributed by atoms with Gasteiger partial charge in [0.25, 0.3) is 29.5 Å². The van der Waals surface area contributed by atoms with E-state index in [9.17, 15) is 24.0 Å². The van der Waals surface area contributed by atoms with Gasteiger partial charge in [-0.25, -0.2) is 0 Å². The van der Waals surface area contributed by atoms with E-state index in [2.05, 4.69) is 59.3 Å². The molecule has 0 aliphatic rings. The monoisotopic (exact) mass is 745 g/mol. The zero-order valence-electron chi connectivity index (χ0n) is 26.2. The highest BCUT2D eigenvalue weighted by Crippen LogP contribution is 2.20. The van der Waals surface area contributed by atoms with Crippen LogP contribution in [0.2, 0.25) is 0 Å². The van der Waals surface area contributed by atoms with Gasteiger partial charge in [-0.15, -0.1) is 12.4 Å². The second-order valence-corrected chi connectivity index (χ2v) is 11.2. The second-order valence-electron chi connectivity index (χ2n) is 10.3. The first-order chi connectivity index (χ1) is 22.1. The van der Waals surface area contributed by atoms with E-state index in [-0.39, 0.29) is 70.1 Å². The molecule has 0 saturated carbocycles. The molecule has 0 radical (unpaired) electrons. The van der Waals surface area contributed by atoms with Crippen molar-refractivity contribution in [3.8, 4) is 0 Å². The van der Waals surface area contributed by atoms with Gasteiger partial charge in [-0.2, -0.15) is 10.2 Å². The van der Waals surface area contributed by atoms with Crippen LogP contribution in [0.5, 0.6) is 0 Å². The molecule has 254 valence electrons. The van der Waals surface area contributed by atoms with Gasteiger partial charge in [-0.3, -0.25) is 38.7 Å². The Kier molecular flexibility index (Phi) is 11.7. The van der Waals surface area contributed by atoms with Crippen LogP contribution in [-0.4, -0.2) is 70.6 Å². The Hall–Kier alpha value is -5.69. The molecule has 4 aromatic rings. The number of amides is 5. The third-order valence-corrected chi connectivity index (χ3v) is 6.99. The number of carbonyl (C=O) groups excluding carboxylic acids is 5. The van der Waals surface area contributed by atoms with E-state index >= 15 is 0 Å². The second kappa shape index (κ2) is 15.3. The molecule has 5 amide bonds.